The van der Waals surface area contributed by atoms with E-state index in [1.807, 2.05) is 0 Å². The predicted molar refractivity (Wildman–Crippen MR) is 251 cm³/mol. The lowest BCUT2D eigenvalue weighted by Gasteiger charge is -2.41. The van der Waals surface area contributed by atoms with Gasteiger partial charge in [0.25, 0.3) is 0 Å². The summed E-state index contributed by atoms with van der Waals surface area (Å²) in [6.45, 7) is 11.2. The first-order valence-corrected chi connectivity index (χ1v) is 21.0. The summed E-state index contributed by atoms with van der Waals surface area (Å²) in [6, 6.07) is 52.2. The Morgan fingerprint density at radius 1 is 0.644 bits per heavy atom. The van der Waals surface area contributed by atoms with Crippen molar-refractivity contribution in [2.75, 3.05) is 7.05 Å². The van der Waals surface area contributed by atoms with E-state index in [1.54, 1.807) is 0 Å². The average Bonchev–Trinajstić information content (AvgIpc) is 3.76. The molecule has 0 fully saturated rings. The van der Waals surface area contributed by atoms with Crippen molar-refractivity contribution in [2.24, 2.45) is 0 Å². The fraction of sp³-hybridized carbons (Fsp3) is 0.161. The Morgan fingerprint density at radius 3 is 2.03 bits per heavy atom. The van der Waals surface area contributed by atoms with Crippen LogP contribution in [-0.2, 0) is 0 Å². The molecule has 0 N–H and O–H groups in total. The van der Waals surface area contributed by atoms with Crippen molar-refractivity contribution in [3.8, 4) is 33.5 Å². The second-order valence-electron chi connectivity index (χ2n) is 16.9. The SMILES string of the molecule is CC(C)=C/C=C1/c2ccccc2C(C/C=C/[n+]2ccc(C)cc2-c2cc3c4cc(-c5ccccc5)cc5c6cc(-c7ccccc7)ccc6n(c3cc2C)c54)C(C)N1C. The molecule has 0 amide bonds. The Kier molecular flexibility index (Phi) is 9.06. The standard InChI is InChI=1S/C56H50N3/c1-36(2)23-25-52-46-21-14-13-20-45(46)44(39(5)57(52)6)22-15-28-58-29-27-37(3)30-54(58)47-35-49-51-34-43(41-18-11-8-12-19-41)33-50-48-32-42(40-16-9-7-10-17-40)24-26-53(48)59(56(50)51)55(49)31-38(47)4/h7-21,23-35,39,44H,22H2,1-6H3/q+1/b28-15+,52-25-. The number of fused-ring (bicyclic) bond motifs is 7. The highest BCUT2D eigenvalue weighted by atomic mass is 15.1. The van der Waals surface area contributed by atoms with Gasteiger partial charge in [0.05, 0.1) is 22.1 Å². The van der Waals surface area contributed by atoms with Crippen molar-refractivity contribution in [3.63, 3.8) is 0 Å². The summed E-state index contributed by atoms with van der Waals surface area (Å²) >= 11 is 0. The molecule has 59 heavy (non-hydrogen) atoms. The third-order valence-corrected chi connectivity index (χ3v) is 12.8. The second kappa shape index (κ2) is 14.6. The fourth-order valence-corrected chi connectivity index (χ4v) is 9.63. The largest absolute Gasteiger partial charge is 0.371 e. The first-order chi connectivity index (χ1) is 28.7. The summed E-state index contributed by atoms with van der Waals surface area (Å²) in [5.41, 5.74) is 19.1. The highest BCUT2D eigenvalue weighted by Gasteiger charge is 2.32. The quantitative estimate of drug-likeness (QED) is 0.147. The van der Waals surface area contributed by atoms with E-state index in [2.05, 4.69) is 226 Å². The number of likely N-dealkylation sites (N-methyl/N-ethyl adjacent to an activating group) is 1. The molecule has 288 valence electrons. The maximum Gasteiger partial charge on any atom is 0.218 e. The van der Waals surface area contributed by atoms with Gasteiger partial charge in [0.15, 0.2) is 12.4 Å². The zero-order chi connectivity index (χ0) is 40.4. The van der Waals surface area contributed by atoms with Crippen LogP contribution in [0.5, 0.6) is 0 Å². The third-order valence-electron chi connectivity index (χ3n) is 12.8. The number of hydrogen-bond donors (Lipinski definition) is 0. The fourth-order valence-electron chi connectivity index (χ4n) is 9.63. The van der Waals surface area contributed by atoms with Crippen molar-refractivity contribution in [3.05, 3.63) is 192 Å². The van der Waals surface area contributed by atoms with Gasteiger partial charge in [-0.3, -0.25) is 0 Å². The van der Waals surface area contributed by atoms with Gasteiger partial charge in [-0.1, -0.05) is 103 Å². The monoisotopic (exact) mass is 764 g/mol. The van der Waals surface area contributed by atoms with Gasteiger partial charge in [-0.15, -0.1) is 0 Å². The normalized spacial score (nSPS) is 16.3. The van der Waals surface area contributed by atoms with Crippen molar-refractivity contribution in [1.82, 2.24) is 9.30 Å². The van der Waals surface area contributed by atoms with E-state index in [0.29, 0.717) is 12.0 Å². The van der Waals surface area contributed by atoms with Crippen LogP contribution >= 0.6 is 0 Å². The Morgan fingerprint density at radius 2 is 1.31 bits per heavy atom. The van der Waals surface area contributed by atoms with E-state index < -0.39 is 0 Å². The molecule has 6 aromatic carbocycles. The summed E-state index contributed by atoms with van der Waals surface area (Å²) in [7, 11) is 2.25. The van der Waals surface area contributed by atoms with Gasteiger partial charge in [-0.05, 0) is 129 Å². The van der Waals surface area contributed by atoms with Gasteiger partial charge in [0.1, 0.15) is 0 Å². The molecule has 1 aliphatic rings. The maximum atomic E-state index is 2.51. The van der Waals surface area contributed by atoms with E-state index in [4.69, 9.17) is 0 Å². The summed E-state index contributed by atoms with van der Waals surface area (Å²) in [6.07, 6.45) is 12.4. The molecular formula is C56H50N3+. The van der Waals surface area contributed by atoms with Crippen molar-refractivity contribution >= 4 is 50.0 Å². The first-order valence-electron chi connectivity index (χ1n) is 21.0. The van der Waals surface area contributed by atoms with Crippen LogP contribution in [0, 0.1) is 13.8 Å². The first kappa shape index (κ1) is 36.6. The number of benzene rings is 6. The van der Waals surface area contributed by atoms with Crippen LogP contribution in [0.3, 0.4) is 0 Å². The van der Waals surface area contributed by atoms with Crippen molar-refractivity contribution < 1.29 is 4.57 Å². The van der Waals surface area contributed by atoms with Crippen LogP contribution in [0.15, 0.2) is 170 Å². The van der Waals surface area contributed by atoms with Crippen LogP contribution in [-0.4, -0.2) is 22.4 Å². The highest BCUT2D eigenvalue weighted by Crippen LogP contribution is 2.45. The van der Waals surface area contributed by atoms with Crippen molar-refractivity contribution in [2.45, 2.75) is 53.0 Å². The highest BCUT2D eigenvalue weighted by molar-refractivity contribution is 6.25. The number of allylic oxidation sites excluding steroid dienone is 4. The maximum absolute atomic E-state index is 2.51. The topological polar surface area (TPSA) is 11.5 Å². The van der Waals surface area contributed by atoms with Crippen LogP contribution in [0.4, 0.5) is 0 Å². The molecule has 2 unspecified atom stereocenters. The lowest BCUT2D eigenvalue weighted by atomic mass is 9.80. The van der Waals surface area contributed by atoms with E-state index in [9.17, 15) is 0 Å². The van der Waals surface area contributed by atoms with Gasteiger partial charge in [-0.2, -0.15) is 4.57 Å². The Balaban J connectivity index is 1.10. The van der Waals surface area contributed by atoms with Gasteiger partial charge in [0, 0.05) is 63.9 Å². The van der Waals surface area contributed by atoms with Gasteiger partial charge in [-0.25, -0.2) is 0 Å². The molecule has 4 heterocycles. The van der Waals surface area contributed by atoms with E-state index in [0.717, 1.165) is 6.42 Å². The van der Waals surface area contributed by atoms with E-state index in [-0.39, 0.29) is 0 Å². The minimum absolute atomic E-state index is 0.357. The molecule has 3 heteroatoms. The number of rotatable bonds is 7. The molecule has 0 spiro atoms. The summed E-state index contributed by atoms with van der Waals surface area (Å²) in [5, 5.41) is 5.15. The minimum atomic E-state index is 0.357. The van der Waals surface area contributed by atoms with Gasteiger partial charge >= 0.3 is 0 Å². The molecule has 9 aromatic rings. The van der Waals surface area contributed by atoms with E-state index >= 15 is 0 Å². The molecule has 0 bridgehead atoms. The summed E-state index contributed by atoms with van der Waals surface area (Å²) in [4.78, 5) is 2.46. The van der Waals surface area contributed by atoms with Crippen LogP contribution < -0.4 is 4.57 Å². The van der Waals surface area contributed by atoms with Crippen LogP contribution in [0.1, 0.15) is 55.4 Å². The molecular weight excluding hydrogens is 715 g/mol. The Labute approximate surface area is 347 Å². The second-order valence-corrected chi connectivity index (χ2v) is 16.9. The molecule has 3 nitrogen and oxygen atoms in total. The average molecular weight is 765 g/mol. The third kappa shape index (κ3) is 6.24. The van der Waals surface area contributed by atoms with Gasteiger partial charge in [0.2, 0.25) is 5.69 Å². The number of hydrogen-bond acceptors (Lipinski definition) is 1. The molecule has 0 saturated carbocycles. The number of aryl methyl sites for hydroxylation is 2. The molecule has 0 radical (unpaired) electrons. The number of nitrogens with zero attached hydrogens (tertiary/aromatic N) is 3. The molecule has 10 rings (SSSR count). The summed E-state index contributed by atoms with van der Waals surface area (Å²) < 4.78 is 4.84. The van der Waals surface area contributed by atoms with Gasteiger partial charge < -0.3 is 9.30 Å². The van der Waals surface area contributed by atoms with E-state index in [1.165, 1.54) is 105 Å². The predicted octanol–water partition coefficient (Wildman–Crippen LogP) is 14.0. The minimum Gasteiger partial charge on any atom is -0.371 e. The zero-order valence-electron chi connectivity index (χ0n) is 34.9. The van der Waals surface area contributed by atoms with Crippen molar-refractivity contribution in [1.29, 1.82) is 0 Å². The summed E-state index contributed by atoms with van der Waals surface area (Å²) in [5.74, 6) is 0.375. The molecule has 1 aliphatic heterocycles. The molecule has 2 atom stereocenters. The number of pyridine rings is 1. The Bertz CT molecular complexity index is 3140. The number of aromatic nitrogens is 2. The molecule has 3 aromatic heterocycles. The lowest BCUT2D eigenvalue weighted by Crippen LogP contribution is -2.38. The van der Waals surface area contributed by atoms with Crippen LogP contribution in [0.2, 0.25) is 0 Å². The van der Waals surface area contributed by atoms with Crippen LogP contribution in [0.25, 0.3) is 83.5 Å². The Hall–Kier alpha value is -6.71. The lowest BCUT2D eigenvalue weighted by molar-refractivity contribution is -0.556. The molecule has 0 saturated heterocycles. The molecule has 0 aliphatic carbocycles. The zero-order valence-corrected chi connectivity index (χ0v) is 34.9. The smallest absolute Gasteiger partial charge is 0.218 e.